The molecule has 4 heteroatoms. The van der Waals surface area contributed by atoms with Crippen LogP contribution in [0.2, 0.25) is 0 Å². The third kappa shape index (κ3) is 2.82. The fraction of sp³-hybridized carbons (Fsp3) is 0.667. The van der Waals surface area contributed by atoms with Gasteiger partial charge in [0.25, 0.3) is 0 Å². The van der Waals surface area contributed by atoms with Crippen molar-refractivity contribution >= 4 is 0 Å². The van der Waals surface area contributed by atoms with E-state index in [0.717, 1.165) is 6.54 Å². The van der Waals surface area contributed by atoms with Crippen LogP contribution in [0.3, 0.4) is 0 Å². The summed E-state index contributed by atoms with van der Waals surface area (Å²) in [5.41, 5.74) is 1.21. The molecule has 1 aromatic rings. The quantitative estimate of drug-likeness (QED) is 0.734. The zero-order valence-electron chi connectivity index (χ0n) is 8.45. The molecule has 0 spiro atoms. The van der Waals surface area contributed by atoms with Gasteiger partial charge >= 0.3 is 0 Å². The largest absolute Gasteiger partial charge is 0.383 e. The van der Waals surface area contributed by atoms with Crippen LogP contribution in [0.4, 0.5) is 0 Å². The zero-order chi connectivity index (χ0) is 9.68. The molecule has 0 aliphatic heterocycles. The Hall–Kier alpha value is -0.870. The summed E-state index contributed by atoms with van der Waals surface area (Å²) >= 11 is 0. The van der Waals surface area contributed by atoms with E-state index in [0.29, 0.717) is 12.6 Å². The predicted octanol–water partition coefficient (Wildman–Crippen LogP) is 0.810. The summed E-state index contributed by atoms with van der Waals surface area (Å²) < 4.78 is 6.86. The average Bonchev–Trinajstić information content (AvgIpc) is 2.62. The molecule has 1 atom stereocenters. The second-order valence-electron chi connectivity index (χ2n) is 3.04. The molecule has 0 radical (unpaired) electrons. The summed E-state index contributed by atoms with van der Waals surface area (Å²) in [6.45, 7) is 3.62. The molecule has 0 amide bonds. The van der Waals surface area contributed by atoms with Gasteiger partial charge in [0, 0.05) is 24.9 Å². The van der Waals surface area contributed by atoms with Crippen molar-refractivity contribution in [3.05, 3.63) is 18.0 Å². The highest BCUT2D eigenvalue weighted by Gasteiger charge is 2.04. The molecule has 1 unspecified atom stereocenters. The first-order chi connectivity index (χ1) is 6.27. The zero-order valence-corrected chi connectivity index (χ0v) is 8.45. The summed E-state index contributed by atoms with van der Waals surface area (Å²) in [6.07, 6.45) is 3.93. The number of nitrogens with zero attached hydrogens (tertiary/aromatic N) is 2. The van der Waals surface area contributed by atoms with Gasteiger partial charge in [-0.05, 0) is 14.0 Å². The Labute approximate surface area is 78.9 Å². The van der Waals surface area contributed by atoms with E-state index in [4.69, 9.17) is 4.74 Å². The number of hydrogen-bond acceptors (Lipinski definition) is 3. The fourth-order valence-electron chi connectivity index (χ4n) is 1.08. The molecule has 0 bridgehead atoms. The lowest BCUT2D eigenvalue weighted by Gasteiger charge is -2.05. The standard InChI is InChI=1S/C9H17N3O/c1-8(10-2)9-6-11-12(7-9)4-5-13-3/h6-8,10H,4-5H2,1-3H3. The molecule has 4 nitrogen and oxygen atoms in total. The summed E-state index contributed by atoms with van der Waals surface area (Å²) in [7, 11) is 3.64. The van der Waals surface area contributed by atoms with E-state index in [2.05, 4.69) is 17.3 Å². The fourth-order valence-corrected chi connectivity index (χ4v) is 1.08. The number of methoxy groups -OCH3 is 1. The van der Waals surface area contributed by atoms with Crippen LogP contribution in [0.5, 0.6) is 0 Å². The lowest BCUT2D eigenvalue weighted by atomic mass is 10.2. The Morgan fingerprint density at radius 3 is 3.08 bits per heavy atom. The molecule has 0 fully saturated rings. The number of nitrogens with one attached hydrogen (secondary N) is 1. The van der Waals surface area contributed by atoms with Crippen molar-refractivity contribution in [3.8, 4) is 0 Å². The Bertz CT molecular complexity index is 247. The molecule has 1 heterocycles. The highest BCUT2D eigenvalue weighted by Crippen LogP contribution is 2.09. The van der Waals surface area contributed by atoms with Gasteiger partial charge in [-0.25, -0.2) is 0 Å². The van der Waals surface area contributed by atoms with Crippen molar-refractivity contribution in [1.82, 2.24) is 15.1 Å². The lowest BCUT2D eigenvalue weighted by Crippen LogP contribution is -2.11. The number of hydrogen-bond donors (Lipinski definition) is 1. The van der Waals surface area contributed by atoms with E-state index in [9.17, 15) is 0 Å². The Morgan fingerprint density at radius 2 is 2.46 bits per heavy atom. The Kier molecular flexibility index (Phi) is 3.92. The third-order valence-electron chi connectivity index (χ3n) is 2.11. The molecule has 1 rings (SSSR count). The maximum absolute atomic E-state index is 4.97. The van der Waals surface area contributed by atoms with Crippen LogP contribution in [0, 0.1) is 0 Å². The molecule has 13 heavy (non-hydrogen) atoms. The van der Waals surface area contributed by atoms with Crippen LogP contribution in [-0.2, 0) is 11.3 Å². The molecular weight excluding hydrogens is 166 g/mol. The number of ether oxygens (including phenoxy) is 1. The van der Waals surface area contributed by atoms with Crippen LogP contribution in [0.25, 0.3) is 0 Å². The van der Waals surface area contributed by atoms with Gasteiger partial charge in [0.05, 0.1) is 19.3 Å². The van der Waals surface area contributed by atoms with Gasteiger partial charge in [0.1, 0.15) is 0 Å². The SMILES string of the molecule is CNC(C)c1cnn(CCOC)c1. The monoisotopic (exact) mass is 183 g/mol. The predicted molar refractivity (Wildman–Crippen MR) is 51.6 cm³/mol. The molecule has 74 valence electrons. The molecule has 0 aromatic carbocycles. The van der Waals surface area contributed by atoms with Crippen molar-refractivity contribution < 1.29 is 4.74 Å². The normalized spacial score (nSPS) is 13.2. The van der Waals surface area contributed by atoms with Gasteiger partial charge in [-0.15, -0.1) is 0 Å². The third-order valence-corrected chi connectivity index (χ3v) is 2.11. The highest BCUT2D eigenvalue weighted by molar-refractivity contribution is 5.08. The minimum absolute atomic E-state index is 0.358. The first-order valence-corrected chi connectivity index (χ1v) is 4.46. The summed E-state index contributed by atoms with van der Waals surface area (Å²) in [6, 6.07) is 0.358. The van der Waals surface area contributed by atoms with Crippen molar-refractivity contribution in [2.24, 2.45) is 0 Å². The van der Waals surface area contributed by atoms with Crippen molar-refractivity contribution in [2.45, 2.75) is 19.5 Å². The Balaban J connectivity index is 2.53. The van der Waals surface area contributed by atoms with Gasteiger partial charge in [0.15, 0.2) is 0 Å². The van der Waals surface area contributed by atoms with Crippen molar-refractivity contribution in [3.63, 3.8) is 0 Å². The second kappa shape index (κ2) is 4.99. The van der Waals surface area contributed by atoms with Gasteiger partial charge in [-0.1, -0.05) is 0 Å². The molecule has 1 aromatic heterocycles. The van der Waals surface area contributed by atoms with Crippen molar-refractivity contribution in [1.29, 1.82) is 0 Å². The van der Waals surface area contributed by atoms with E-state index in [-0.39, 0.29) is 0 Å². The van der Waals surface area contributed by atoms with Crippen LogP contribution in [0.1, 0.15) is 18.5 Å². The van der Waals surface area contributed by atoms with E-state index in [1.165, 1.54) is 5.56 Å². The maximum atomic E-state index is 4.97. The Morgan fingerprint density at radius 1 is 1.69 bits per heavy atom. The molecule has 0 saturated heterocycles. The van der Waals surface area contributed by atoms with Crippen LogP contribution in [-0.4, -0.2) is 30.5 Å². The first-order valence-electron chi connectivity index (χ1n) is 4.46. The van der Waals surface area contributed by atoms with Gasteiger partial charge in [-0.3, -0.25) is 4.68 Å². The average molecular weight is 183 g/mol. The van der Waals surface area contributed by atoms with E-state index < -0.39 is 0 Å². The number of rotatable bonds is 5. The summed E-state index contributed by atoms with van der Waals surface area (Å²) in [5, 5.41) is 7.39. The minimum atomic E-state index is 0.358. The molecule has 1 N–H and O–H groups in total. The number of aromatic nitrogens is 2. The van der Waals surface area contributed by atoms with Gasteiger partial charge < -0.3 is 10.1 Å². The summed E-state index contributed by atoms with van der Waals surface area (Å²) in [4.78, 5) is 0. The van der Waals surface area contributed by atoms with Crippen molar-refractivity contribution in [2.75, 3.05) is 20.8 Å². The maximum Gasteiger partial charge on any atom is 0.0658 e. The van der Waals surface area contributed by atoms with E-state index in [1.807, 2.05) is 24.1 Å². The van der Waals surface area contributed by atoms with Gasteiger partial charge in [0.2, 0.25) is 0 Å². The minimum Gasteiger partial charge on any atom is -0.383 e. The van der Waals surface area contributed by atoms with Crippen LogP contribution in [0.15, 0.2) is 12.4 Å². The topological polar surface area (TPSA) is 39.1 Å². The van der Waals surface area contributed by atoms with Gasteiger partial charge in [-0.2, -0.15) is 5.10 Å². The molecule has 0 aliphatic carbocycles. The molecular formula is C9H17N3O. The smallest absolute Gasteiger partial charge is 0.0658 e. The summed E-state index contributed by atoms with van der Waals surface area (Å²) in [5.74, 6) is 0. The molecule has 0 aliphatic rings. The van der Waals surface area contributed by atoms with Crippen LogP contribution < -0.4 is 5.32 Å². The highest BCUT2D eigenvalue weighted by atomic mass is 16.5. The first kappa shape index (κ1) is 10.2. The van der Waals surface area contributed by atoms with E-state index in [1.54, 1.807) is 7.11 Å². The van der Waals surface area contributed by atoms with Crippen LogP contribution >= 0.6 is 0 Å². The lowest BCUT2D eigenvalue weighted by molar-refractivity contribution is 0.183. The van der Waals surface area contributed by atoms with E-state index >= 15 is 0 Å². The second-order valence-corrected chi connectivity index (χ2v) is 3.04. The molecule has 0 saturated carbocycles.